The molecule has 2 atom stereocenters. The zero-order valence-electron chi connectivity index (χ0n) is 28.3. The lowest BCUT2D eigenvalue weighted by Gasteiger charge is -2.57. The largest absolute Gasteiger partial charge is 0.352 e. The first-order chi connectivity index (χ1) is 22.9. The van der Waals surface area contributed by atoms with E-state index < -0.39 is 34.3 Å². The summed E-state index contributed by atoms with van der Waals surface area (Å²) in [6.07, 6.45) is 9.55. The van der Waals surface area contributed by atoms with Gasteiger partial charge < -0.3 is 10.2 Å². The molecule has 3 aromatic carbocycles. The van der Waals surface area contributed by atoms with E-state index in [0.717, 1.165) is 33.9 Å². The van der Waals surface area contributed by atoms with Crippen LogP contribution in [0, 0.1) is 23.6 Å². The molecule has 7 rings (SSSR count). The van der Waals surface area contributed by atoms with Crippen LogP contribution in [0.4, 0.5) is 10.1 Å². The lowest BCUT2D eigenvalue weighted by Crippen LogP contribution is -2.54. The van der Waals surface area contributed by atoms with Crippen LogP contribution in [0.15, 0.2) is 78.9 Å². The number of nitrogens with one attached hydrogen (secondary N) is 1. The molecule has 256 valence electrons. The number of hydrogen-bond acceptors (Lipinski definition) is 4. The second kappa shape index (κ2) is 14.0. The maximum atomic E-state index is 15.0. The summed E-state index contributed by atoms with van der Waals surface area (Å²) in [6.45, 7) is 3.13. The number of nitrogens with zero attached hydrogens (tertiary/aromatic N) is 2. The molecule has 1 N–H and O–H groups in total. The number of amides is 2. The second-order valence-electron chi connectivity index (χ2n) is 14.7. The number of sulfonamides is 1. The molecule has 0 heterocycles. The predicted octanol–water partition coefficient (Wildman–Crippen LogP) is 6.61. The topological polar surface area (TPSA) is 86.8 Å². The molecule has 4 saturated carbocycles. The molecule has 2 amide bonds. The van der Waals surface area contributed by atoms with Gasteiger partial charge in [0, 0.05) is 24.6 Å². The van der Waals surface area contributed by atoms with Gasteiger partial charge in [-0.05, 0) is 104 Å². The fraction of sp³-hybridized carbons (Fsp3) is 0.487. The van der Waals surface area contributed by atoms with Crippen LogP contribution in [0.3, 0.4) is 0 Å². The van der Waals surface area contributed by atoms with Crippen molar-refractivity contribution in [1.82, 2.24) is 10.2 Å². The number of anilines is 1. The van der Waals surface area contributed by atoms with Crippen molar-refractivity contribution >= 4 is 27.5 Å². The summed E-state index contributed by atoms with van der Waals surface area (Å²) >= 11 is 0. The van der Waals surface area contributed by atoms with Gasteiger partial charge in [-0.2, -0.15) is 0 Å². The van der Waals surface area contributed by atoms with E-state index in [1.165, 1.54) is 55.1 Å². The molecule has 0 radical (unpaired) electrons. The number of halogens is 1. The van der Waals surface area contributed by atoms with E-state index in [0.29, 0.717) is 12.1 Å². The Kier molecular flexibility index (Phi) is 9.98. The van der Waals surface area contributed by atoms with Crippen molar-refractivity contribution in [3.63, 3.8) is 0 Å². The molecule has 0 spiro atoms. The van der Waals surface area contributed by atoms with E-state index >= 15 is 4.39 Å². The smallest absolute Gasteiger partial charge is 0.244 e. The van der Waals surface area contributed by atoms with Crippen LogP contribution < -0.4 is 9.62 Å². The molecule has 4 bridgehead atoms. The highest BCUT2D eigenvalue weighted by Gasteiger charge is 2.51. The van der Waals surface area contributed by atoms with Crippen LogP contribution >= 0.6 is 0 Å². The number of hydrogen-bond donors (Lipinski definition) is 1. The van der Waals surface area contributed by atoms with Gasteiger partial charge in [0.25, 0.3) is 0 Å². The van der Waals surface area contributed by atoms with Crippen molar-refractivity contribution in [2.24, 2.45) is 17.8 Å². The molecule has 0 saturated heterocycles. The Balaban J connectivity index is 1.31. The van der Waals surface area contributed by atoms with Gasteiger partial charge in [-0.25, -0.2) is 12.8 Å². The van der Waals surface area contributed by atoms with Gasteiger partial charge in [0.2, 0.25) is 21.8 Å². The summed E-state index contributed by atoms with van der Waals surface area (Å²) < 4.78 is 42.8. The van der Waals surface area contributed by atoms with Gasteiger partial charge in [-0.3, -0.25) is 13.9 Å². The fourth-order valence-electron chi connectivity index (χ4n) is 8.86. The summed E-state index contributed by atoms with van der Waals surface area (Å²) in [7, 11) is -3.90. The summed E-state index contributed by atoms with van der Waals surface area (Å²) in [5.41, 5.74) is 2.88. The normalized spacial score (nSPS) is 24.1. The third-order valence-corrected chi connectivity index (χ3v) is 12.2. The van der Waals surface area contributed by atoms with E-state index in [9.17, 15) is 18.0 Å². The van der Waals surface area contributed by atoms with E-state index in [4.69, 9.17) is 0 Å². The van der Waals surface area contributed by atoms with Crippen LogP contribution in [0.2, 0.25) is 0 Å². The van der Waals surface area contributed by atoms with Gasteiger partial charge in [0.15, 0.2) is 0 Å². The summed E-state index contributed by atoms with van der Waals surface area (Å²) in [6, 6.07) is 22.1. The first-order valence-electron chi connectivity index (χ1n) is 17.4. The van der Waals surface area contributed by atoms with Crippen molar-refractivity contribution in [1.29, 1.82) is 0 Å². The van der Waals surface area contributed by atoms with Crippen LogP contribution in [-0.4, -0.2) is 50.0 Å². The van der Waals surface area contributed by atoms with Crippen LogP contribution in [0.1, 0.15) is 75.5 Å². The highest BCUT2D eigenvalue weighted by molar-refractivity contribution is 7.92. The SMILES string of the molecule is CC[C@H](C)NC(=O)[C@@H](Cc1ccccc1)N(Cc1ccccc1F)C(=O)CN(c1ccc(C23CC4CC(CC(C4)C2)C3)cc1)S(C)(=O)=O. The zero-order valence-corrected chi connectivity index (χ0v) is 29.1. The van der Waals surface area contributed by atoms with Crippen LogP contribution in [-0.2, 0) is 38.0 Å². The first kappa shape index (κ1) is 34.2. The van der Waals surface area contributed by atoms with Gasteiger partial charge in [-0.1, -0.05) is 67.6 Å². The van der Waals surface area contributed by atoms with Crippen molar-refractivity contribution in [3.05, 3.63) is 101 Å². The van der Waals surface area contributed by atoms with Gasteiger partial charge >= 0.3 is 0 Å². The van der Waals surface area contributed by atoms with E-state index in [1.807, 2.05) is 56.3 Å². The molecule has 7 nitrogen and oxygen atoms in total. The Morgan fingerprint density at radius 3 is 2.04 bits per heavy atom. The standard InChI is InChI=1S/C39H48FN3O4S/c1-4-27(2)41-38(45)36(21-28-10-6-5-7-11-28)42(25-32-12-8-9-13-35(32)40)37(44)26-43(48(3,46)47)34-16-14-33(15-17-34)39-22-29-18-30(23-39)20-31(19-29)24-39/h5-17,27,29-31,36H,4,18-26H2,1-3H3,(H,41,45)/t27-,29?,30?,31?,36+,39?/m0/s1. The highest BCUT2D eigenvalue weighted by Crippen LogP contribution is 2.60. The third kappa shape index (κ3) is 7.46. The summed E-state index contributed by atoms with van der Waals surface area (Å²) in [5, 5.41) is 3.00. The summed E-state index contributed by atoms with van der Waals surface area (Å²) in [5.74, 6) is 0.877. The number of carbonyl (C=O) groups excluding carboxylic acids is 2. The third-order valence-electron chi connectivity index (χ3n) is 11.1. The Hall–Kier alpha value is -3.72. The number of rotatable bonds is 13. The molecular weight excluding hydrogens is 626 g/mol. The maximum absolute atomic E-state index is 15.0. The number of benzene rings is 3. The minimum absolute atomic E-state index is 0.152. The molecule has 0 aliphatic heterocycles. The molecule has 3 aromatic rings. The first-order valence-corrected chi connectivity index (χ1v) is 19.2. The molecule has 4 aliphatic carbocycles. The Labute approximate surface area is 285 Å². The quantitative estimate of drug-likeness (QED) is 0.221. The molecule has 0 aromatic heterocycles. The number of carbonyl (C=O) groups is 2. The second-order valence-corrected chi connectivity index (χ2v) is 16.6. The van der Waals surface area contributed by atoms with E-state index in [-0.39, 0.29) is 35.9 Å². The van der Waals surface area contributed by atoms with Crippen molar-refractivity contribution in [2.45, 2.75) is 89.3 Å². The van der Waals surface area contributed by atoms with Gasteiger partial charge in [0.1, 0.15) is 18.4 Å². The Bertz CT molecular complexity index is 1680. The van der Waals surface area contributed by atoms with E-state index in [2.05, 4.69) is 17.4 Å². The molecule has 9 heteroatoms. The van der Waals surface area contributed by atoms with Crippen LogP contribution in [0.5, 0.6) is 0 Å². The molecule has 0 unspecified atom stereocenters. The predicted molar refractivity (Wildman–Crippen MR) is 187 cm³/mol. The minimum Gasteiger partial charge on any atom is -0.352 e. The lowest BCUT2D eigenvalue weighted by atomic mass is 9.48. The maximum Gasteiger partial charge on any atom is 0.244 e. The van der Waals surface area contributed by atoms with Gasteiger partial charge in [0.05, 0.1) is 11.9 Å². The average Bonchev–Trinajstić information content (AvgIpc) is 3.05. The fourth-order valence-corrected chi connectivity index (χ4v) is 9.71. The lowest BCUT2D eigenvalue weighted by molar-refractivity contribution is -0.140. The van der Waals surface area contributed by atoms with Crippen molar-refractivity contribution < 1.29 is 22.4 Å². The molecular formula is C39H48FN3O4S. The van der Waals surface area contributed by atoms with Crippen LogP contribution in [0.25, 0.3) is 0 Å². The van der Waals surface area contributed by atoms with Crippen molar-refractivity contribution in [3.8, 4) is 0 Å². The van der Waals surface area contributed by atoms with Crippen molar-refractivity contribution in [2.75, 3.05) is 17.1 Å². The Morgan fingerprint density at radius 2 is 1.48 bits per heavy atom. The molecule has 4 fully saturated rings. The average molecular weight is 674 g/mol. The highest BCUT2D eigenvalue weighted by atomic mass is 32.2. The minimum atomic E-state index is -3.90. The molecule has 4 aliphatic rings. The van der Waals surface area contributed by atoms with Gasteiger partial charge in [-0.15, -0.1) is 0 Å². The zero-order chi connectivity index (χ0) is 34.1. The van der Waals surface area contributed by atoms with E-state index in [1.54, 1.807) is 18.2 Å². The summed E-state index contributed by atoms with van der Waals surface area (Å²) in [4.78, 5) is 29.6. The Morgan fingerprint density at radius 1 is 0.896 bits per heavy atom. The molecule has 48 heavy (non-hydrogen) atoms. The monoisotopic (exact) mass is 673 g/mol.